The second-order valence-electron chi connectivity index (χ2n) is 6.56. The third-order valence-corrected chi connectivity index (χ3v) is 5.11. The zero-order valence-corrected chi connectivity index (χ0v) is 15.1. The number of methoxy groups -OCH3 is 1. The van der Waals surface area contributed by atoms with Gasteiger partial charge in [-0.1, -0.05) is 13.8 Å². The Bertz CT molecular complexity index is 668. The number of rotatable bonds is 6. The number of ether oxygens (including phenoxy) is 1. The summed E-state index contributed by atoms with van der Waals surface area (Å²) in [5.74, 6) is 1.82. The monoisotopic (exact) mass is 349 g/mol. The van der Waals surface area contributed by atoms with Crippen LogP contribution < -0.4 is 0 Å². The maximum absolute atomic E-state index is 12.6. The highest BCUT2D eigenvalue weighted by Gasteiger charge is 2.39. The number of nitrogens with zero attached hydrogens (tertiary/aromatic N) is 3. The highest BCUT2D eigenvalue weighted by atomic mass is 32.1. The van der Waals surface area contributed by atoms with Crippen LogP contribution in [0.3, 0.4) is 0 Å². The number of likely N-dealkylation sites (tertiary alicyclic amines) is 1. The normalized spacial score (nSPS) is 20.9. The minimum absolute atomic E-state index is 0.0383. The van der Waals surface area contributed by atoms with Gasteiger partial charge < -0.3 is 14.1 Å². The van der Waals surface area contributed by atoms with Gasteiger partial charge in [-0.3, -0.25) is 4.79 Å². The van der Waals surface area contributed by atoms with Gasteiger partial charge in [0.15, 0.2) is 0 Å². The summed E-state index contributed by atoms with van der Waals surface area (Å²) in [5, 5.41) is 12.4. The summed E-state index contributed by atoms with van der Waals surface area (Å²) < 4.78 is 11.2. The Kier molecular flexibility index (Phi) is 5.30. The molecule has 3 heterocycles. The summed E-state index contributed by atoms with van der Waals surface area (Å²) in [6.45, 7) is 5.90. The number of carbonyl (C=O) groups excluding carboxylic acids is 1. The molecule has 1 aliphatic rings. The molecule has 2 atom stereocenters. The molecule has 0 unspecified atom stereocenters. The van der Waals surface area contributed by atoms with Gasteiger partial charge in [-0.05, 0) is 22.4 Å². The van der Waals surface area contributed by atoms with Crippen molar-refractivity contribution < 1.29 is 13.9 Å². The number of amides is 1. The molecule has 1 amide bonds. The van der Waals surface area contributed by atoms with Crippen LogP contribution in [0.4, 0.5) is 0 Å². The van der Waals surface area contributed by atoms with Gasteiger partial charge in [0.2, 0.25) is 17.7 Å². The maximum atomic E-state index is 12.6. The van der Waals surface area contributed by atoms with Gasteiger partial charge in [-0.25, -0.2) is 0 Å². The Balaban J connectivity index is 1.72. The summed E-state index contributed by atoms with van der Waals surface area (Å²) >= 11 is 1.61. The first-order valence-corrected chi connectivity index (χ1v) is 9.13. The lowest BCUT2D eigenvalue weighted by atomic mass is 9.97. The Morgan fingerprint density at radius 2 is 2.29 bits per heavy atom. The highest BCUT2D eigenvalue weighted by molar-refractivity contribution is 7.07. The molecule has 130 valence electrons. The summed E-state index contributed by atoms with van der Waals surface area (Å²) in [6.07, 6.45) is 0.441. The van der Waals surface area contributed by atoms with Crippen molar-refractivity contribution >= 4 is 17.2 Å². The first-order valence-electron chi connectivity index (χ1n) is 8.19. The Morgan fingerprint density at radius 1 is 1.46 bits per heavy atom. The lowest BCUT2D eigenvalue weighted by Gasteiger charge is -2.15. The maximum Gasteiger partial charge on any atom is 0.227 e. The molecule has 0 N–H and O–H groups in total. The first kappa shape index (κ1) is 17.1. The Labute approximate surface area is 145 Å². The van der Waals surface area contributed by atoms with E-state index in [1.165, 1.54) is 0 Å². The van der Waals surface area contributed by atoms with Gasteiger partial charge in [0.05, 0.1) is 18.9 Å². The van der Waals surface area contributed by atoms with Gasteiger partial charge >= 0.3 is 0 Å². The molecule has 0 spiro atoms. The largest absolute Gasteiger partial charge is 0.425 e. The van der Waals surface area contributed by atoms with E-state index >= 15 is 0 Å². The average Bonchev–Trinajstić information content (AvgIpc) is 3.27. The number of hydrogen-bond acceptors (Lipinski definition) is 6. The van der Waals surface area contributed by atoms with Crippen LogP contribution in [0.5, 0.6) is 0 Å². The van der Waals surface area contributed by atoms with Gasteiger partial charge in [0.25, 0.3) is 0 Å². The molecule has 1 fully saturated rings. The van der Waals surface area contributed by atoms with E-state index in [9.17, 15) is 4.79 Å². The van der Waals surface area contributed by atoms with Crippen LogP contribution >= 0.6 is 11.3 Å². The van der Waals surface area contributed by atoms with Gasteiger partial charge in [0.1, 0.15) is 0 Å². The molecule has 24 heavy (non-hydrogen) atoms. The predicted molar refractivity (Wildman–Crippen MR) is 91.1 cm³/mol. The van der Waals surface area contributed by atoms with Crippen molar-refractivity contribution in [3.05, 3.63) is 34.2 Å². The second-order valence-corrected chi connectivity index (χ2v) is 7.34. The van der Waals surface area contributed by atoms with Crippen LogP contribution in [0.2, 0.25) is 0 Å². The molecule has 0 bridgehead atoms. The zero-order chi connectivity index (χ0) is 17.1. The molecule has 2 aromatic rings. The van der Waals surface area contributed by atoms with E-state index in [4.69, 9.17) is 9.15 Å². The van der Waals surface area contributed by atoms with Gasteiger partial charge in [-0.2, -0.15) is 11.3 Å². The van der Waals surface area contributed by atoms with E-state index in [-0.39, 0.29) is 23.7 Å². The number of hydrogen-bond donors (Lipinski definition) is 0. The number of thiophene rings is 1. The summed E-state index contributed by atoms with van der Waals surface area (Å²) in [7, 11) is 1.68. The fourth-order valence-electron chi connectivity index (χ4n) is 3.05. The van der Waals surface area contributed by atoms with Crippen LogP contribution in [0.15, 0.2) is 21.2 Å². The smallest absolute Gasteiger partial charge is 0.227 e. The van der Waals surface area contributed by atoms with E-state index in [0.717, 1.165) is 5.56 Å². The minimum atomic E-state index is 0.0383. The lowest BCUT2D eigenvalue weighted by molar-refractivity contribution is -0.129. The van der Waals surface area contributed by atoms with E-state index in [2.05, 4.69) is 10.2 Å². The zero-order valence-electron chi connectivity index (χ0n) is 14.3. The minimum Gasteiger partial charge on any atom is -0.425 e. The van der Waals surface area contributed by atoms with Crippen molar-refractivity contribution in [3.63, 3.8) is 0 Å². The van der Waals surface area contributed by atoms with Crippen molar-refractivity contribution in [2.45, 2.75) is 32.1 Å². The molecule has 0 radical (unpaired) electrons. The van der Waals surface area contributed by atoms with Gasteiger partial charge in [-0.15, -0.1) is 10.2 Å². The van der Waals surface area contributed by atoms with E-state index in [0.29, 0.717) is 37.9 Å². The summed E-state index contributed by atoms with van der Waals surface area (Å²) in [4.78, 5) is 14.5. The molecule has 1 saturated heterocycles. The predicted octanol–water partition coefficient (Wildman–Crippen LogP) is 2.69. The van der Waals surface area contributed by atoms with Crippen LogP contribution in [0.1, 0.15) is 43.0 Å². The van der Waals surface area contributed by atoms with Crippen LogP contribution in [0, 0.1) is 5.92 Å². The molecule has 0 aliphatic carbocycles. The molecule has 2 aromatic heterocycles. The fourth-order valence-corrected chi connectivity index (χ4v) is 3.72. The molecule has 0 aromatic carbocycles. The first-order chi connectivity index (χ1) is 11.6. The number of aromatic nitrogens is 2. The topological polar surface area (TPSA) is 68.5 Å². The summed E-state index contributed by atoms with van der Waals surface area (Å²) in [5.41, 5.74) is 1.07. The molecule has 0 saturated carbocycles. The van der Waals surface area contributed by atoms with Crippen LogP contribution in [-0.4, -0.2) is 47.8 Å². The third-order valence-electron chi connectivity index (χ3n) is 4.38. The third kappa shape index (κ3) is 3.67. The van der Waals surface area contributed by atoms with Gasteiger partial charge in [0, 0.05) is 32.0 Å². The van der Waals surface area contributed by atoms with Crippen molar-refractivity contribution in [2.24, 2.45) is 5.92 Å². The van der Waals surface area contributed by atoms with Crippen molar-refractivity contribution in [2.75, 3.05) is 26.8 Å². The van der Waals surface area contributed by atoms with E-state index < -0.39 is 0 Å². The quantitative estimate of drug-likeness (QED) is 0.802. The number of carbonyl (C=O) groups is 1. The summed E-state index contributed by atoms with van der Waals surface area (Å²) in [6, 6.07) is 2.00. The fraction of sp³-hybridized carbons (Fsp3) is 0.588. The van der Waals surface area contributed by atoms with Crippen molar-refractivity contribution in [1.29, 1.82) is 0 Å². The SMILES string of the molecule is COC[C@@H]1CN(C(=O)Cc2ccsc2)C[C@H]1c1nnc(C(C)C)o1. The van der Waals surface area contributed by atoms with Crippen molar-refractivity contribution in [3.8, 4) is 0 Å². The molecule has 6 nitrogen and oxygen atoms in total. The average molecular weight is 349 g/mol. The standard InChI is InChI=1S/C17H23N3O3S/c1-11(2)16-18-19-17(23-16)14-8-20(7-13(14)9-22-3)15(21)6-12-4-5-24-10-12/h4-5,10-11,13-14H,6-9H2,1-3H3/t13-,14+/m0/s1. The van der Waals surface area contributed by atoms with E-state index in [1.807, 2.05) is 35.6 Å². The molecule has 7 heteroatoms. The molecule has 3 rings (SSSR count). The Morgan fingerprint density at radius 3 is 2.92 bits per heavy atom. The highest BCUT2D eigenvalue weighted by Crippen LogP contribution is 2.33. The second kappa shape index (κ2) is 7.44. The molecular weight excluding hydrogens is 326 g/mol. The molecule has 1 aliphatic heterocycles. The van der Waals surface area contributed by atoms with Crippen LogP contribution in [-0.2, 0) is 16.0 Å². The van der Waals surface area contributed by atoms with E-state index in [1.54, 1.807) is 18.4 Å². The van der Waals surface area contributed by atoms with Crippen molar-refractivity contribution in [1.82, 2.24) is 15.1 Å². The van der Waals surface area contributed by atoms with Crippen LogP contribution in [0.25, 0.3) is 0 Å². The lowest BCUT2D eigenvalue weighted by Crippen LogP contribution is -2.30. The molecular formula is C17H23N3O3S. The Hall–Kier alpha value is -1.73.